The Morgan fingerprint density at radius 2 is 1.90 bits per heavy atom. The molecule has 1 amide bonds. The molecule has 154 valence electrons. The summed E-state index contributed by atoms with van der Waals surface area (Å²) in [4.78, 5) is 18.9. The van der Waals surface area contributed by atoms with E-state index in [1.807, 2.05) is 0 Å². The number of pyridine rings is 1. The van der Waals surface area contributed by atoms with Crippen LogP contribution in [0, 0.1) is 11.6 Å². The molecule has 1 unspecified atom stereocenters. The quantitative estimate of drug-likeness (QED) is 0.743. The summed E-state index contributed by atoms with van der Waals surface area (Å²) in [6.07, 6.45) is -4.50. The summed E-state index contributed by atoms with van der Waals surface area (Å²) < 4.78 is 84.8. The van der Waals surface area contributed by atoms with Crippen LogP contribution in [0.5, 0.6) is 0 Å². The first kappa shape index (κ1) is 20.6. The highest BCUT2D eigenvalue weighted by molar-refractivity contribution is 6.03. The van der Waals surface area contributed by atoms with Gasteiger partial charge in [0.2, 0.25) is 5.54 Å². The van der Waals surface area contributed by atoms with Gasteiger partial charge in [0.1, 0.15) is 11.5 Å². The monoisotopic (exact) mass is 416 g/mol. The number of benzene rings is 1. The molecule has 0 saturated carbocycles. The molecule has 29 heavy (non-hydrogen) atoms. The molecular weight excluding hydrogens is 402 g/mol. The van der Waals surface area contributed by atoms with Gasteiger partial charge in [-0.25, -0.2) is 36.3 Å². The third-order valence-corrected chi connectivity index (χ3v) is 4.51. The Morgan fingerprint density at radius 3 is 2.52 bits per heavy atom. The fraction of sp³-hybridized carbons (Fsp3) is 0.278. The molecule has 0 bridgehead atoms. The first-order chi connectivity index (χ1) is 13.6. The molecule has 11 heteroatoms. The van der Waals surface area contributed by atoms with Gasteiger partial charge in [0.05, 0.1) is 17.7 Å². The van der Waals surface area contributed by atoms with Crippen LogP contribution in [0.15, 0.2) is 41.5 Å². The van der Waals surface area contributed by atoms with E-state index < -0.39 is 65.4 Å². The fourth-order valence-electron chi connectivity index (χ4n) is 3.04. The topological polar surface area (TPSA) is 80.4 Å². The van der Waals surface area contributed by atoms with Gasteiger partial charge in [0, 0.05) is 18.4 Å². The number of carbonyl (C=O) groups excluding carboxylic acids is 1. The molecular formula is C18H14F6N4O. The molecule has 0 radical (unpaired) electrons. The maximum absolute atomic E-state index is 15.0. The maximum Gasteiger partial charge on any atom is 0.283 e. The van der Waals surface area contributed by atoms with Crippen LogP contribution >= 0.6 is 0 Å². The van der Waals surface area contributed by atoms with Crippen LogP contribution in [0.3, 0.4) is 0 Å². The van der Waals surface area contributed by atoms with E-state index in [1.54, 1.807) is 0 Å². The molecule has 2 heterocycles. The lowest BCUT2D eigenvalue weighted by atomic mass is 9.79. The van der Waals surface area contributed by atoms with Gasteiger partial charge in [-0.05, 0) is 18.2 Å². The van der Waals surface area contributed by atoms with Gasteiger partial charge in [-0.2, -0.15) is 0 Å². The van der Waals surface area contributed by atoms with Crippen LogP contribution in [-0.4, -0.2) is 29.1 Å². The SMILES string of the molecule is NC1=NC(c2cccc(NC(=O)c3ccc(F)cn3)c2F)(C(F)F)C(F)(F)CC1. The maximum atomic E-state index is 15.0. The van der Waals surface area contributed by atoms with Gasteiger partial charge in [0.15, 0.2) is 5.82 Å². The predicted octanol–water partition coefficient (Wildman–Crippen LogP) is 3.86. The van der Waals surface area contributed by atoms with Crippen LogP contribution in [0.2, 0.25) is 0 Å². The molecule has 1 aliphatic heterocycles. The number of nitrogens with one attached hydrogen (secondary N) is 1. The standard InChI is InChI=1S/C18H14F6N4O/c19-9-4-5-12(26-8-9)15(29)27-11-3-1-2-10(14(11)20)18(16(21)22)17(23,24)7-6-13(25)28-18/h1-5,8,16H,6-7H2,(H2,25,28)(H,27,29). The fourth-order valence-corrected chi connectivity index (χ4v) is 3.04. The number of hydrogen-bond donors (Lipinski definition) is 2. The summed E-state index contributed by atoms with van der Waals surface area (Å²) in [5, 5.41) is 2.05. The number of rotatable bonds is 4. The Balaban J connectivity index is 2.06. The van der Waals surface area contributed by atoms with Gasteiger partial charge >= 0.3 is 0 Å². The van der Waals surface area contributed by atoms with Gasteiger partial charge < -0.3 is 11.1 Å². The molecule has 0 saturated heterocycles. The van der Waals surface area contributed by atoms with Crippen molar-refractivity contribution in [2.75, 3.05) is 5.32 Å². The minimum Gasteiger partial charge on any atom is -0.387 e. The van der Waals surface area contributed by atoms with Crippen molar-refractivity contribution >= 4 is 17.4 Å². The van der Waals surface area contributed by atoms with E-state index in [0.717, 1.165) is 36.5 Å². The first-order valence-corrected chi connectivity index (χ1v) is 8.30. The number of hydrogen-bond acceptors (Lipinski definition) is 4. The number of nitrogens with two attached hydrogens (primary N) is 1. The third kappa shape index (κ3) is 3.52. The minimum absolute atomic E-state index is 0.301. The summed E-state index contributed by atoms with van der Waals surface area (Å²) in [6, 6.07) is 4.69. The van der Waals surface area contributed by atoms with Gasteiger partial charge in [0.25, 0.3) is 18.3 Å². The zero-order valence-electron chi connectivity index (χ0n) is 14.6. The second kappa shape index (κ2) is 7.37. The summed E-state index contributed by atoms with van der Waals surface area (Å²) in [5.74, 6) is -7.78. The largest absolute Gasteiger partial charge is 0.387 e. The number of halogens is 6. The van der Waals surface area contributed by atoms with Crippen molar-refractivity contribution in [2.24, 2.45) is 10.7 Å². The van der Waals surface area contributed by atoms with E-state index in [9.17, 15) is 26.7 Å². The van der Waals surface area contributed by atoms with E-state index in [0.29, 0.717) is 0 Å². The molecule has 0 spiro atoms. The summed E-state index contributed by atoms with van der Waals surface area (Å²) in [6.45, 7) is 0. The lowest BCUT2D eigenvalue weighted by Crippen LogP contribution is -2.54. The van der Waals surface area contributed by atoms with Crippen molar-refractivity contribution in [3.05, 3.63) is 59.4 Å². The molecule has 3 rings (SSSR count). The van der Waals surface area contributed by atoms with Gasteiger partial charge in [-0.1, -0.05) is 12.1 Å². The van der Waals surface area contributed by atoms with E-state index in [1.165, 1.54) is 0 Å². The Labute approximate surface area is 160 Å². The van der Waals surface area contributed by atoms with E-state index in [2.05, 4.69) is 15.3 Å². The van der Waals surface area contributed by atoms with Crippen molar-refractivity contribution in [3.63, 3.8) is 0 Å². The Hall–Kier alpha value is -3.11. The van der Waals surface area contributed by atoms with E-state index >= 15 is 4.39 Å². The molecule has 1 aromatic carbocycles. The zero-order valence-corrected chi connectivity index (χ0v) is 14.6. The molecule has 3 N–H and O–H groups in total. The molecule has 2 aromatic rings. The van der Waals surface area contributed by atoms with E-state index in [-0.39, 0.29) is 5.69 Å². The molecule has 0 aliphatic carbocycles. The number of nitrogens with zero attached hydrogens (tertiary/aromatic N) is 2. The lowest BCUT2D eigenvalue weighted by Gasteiger charge is -2.40. The van der Waals surface area contributed by atoms with Crippen LogP contribution < -0.4 is 11.1 Å². The Bertz CT molecular complexity index is 963. The number of anilines is 1. The smallest absolute Gasteiger partial charge is 0.283 e. The van der Waals surface area contributed by atoms with Crippen molar-refractivity contribution in [2.45, 2.75) is 30.7 Å². The summed E-state index contributed by atoms with van der Waals surface area (Å²) >= 11 is 0. The number of amidine groups is 1. The number of amides is 1. The molecule has 1 atom stereocenters. The molecule has 0 fully saturated rings. The van der Waals surface area contributed by atoms with Gasteiger partial charge in [-0.3, -0.25) is 4.79 Å². The minimum atomic E-state index is -4.09. The zero-order chi connectivity index (χ0) is 21.4. The average Bonchev–Trinajstić information content (AvgIpc) is 2.66. The normalized spacial score (nSPS) is 21.0. The van der Waals surface area contributed by atoms with Crippen molar-refractivity contribution in [3.8, 4) is 0 Å². The highest BCUT2D eigenvalue weighted by Crippen LogP contribution is 2.51. The second-order valence-corrected chi connectivity index (χ2v) is 6.36. The highest BCUT2D eigenvalue weighted by Gasteiger charge is 2.64. The van der Waals surface area contributed by atoms with Crippen molar-refractivity contribution < 1.29 is 31.1 Å². The Morgan fingerprint density at radius 1 is 1.17 bits per heavy atom. The number of aliphatic imine (C=N–C) groups is 1. The predicted molar refractivity (Wildman–Crippen MR) is 92.0 cm³/mol. The summed E-state index contributed by atoms with van der Waals surface area (Å²) in [5.41, 5.74) is -0.170. The number of aromatic nitrogens is 1. The van der Waals surface area contributed by atoms with Crippen molar-refractivity contribution in [1.29, 1.82) is 0 Å². The van der Waals surface area contributed by atoms with Crippen molar-refractivity contribution in [1.82, 2.24) is 4.98 Å². The number of carbonyl (C=O) groups is 1. The van der Waals surface area contributed by atoms with Crippen LogP contribution in [-0.2, 0) is 5.54 Å². The van der Waals surface area contributed by atoms with E-state index in [4.69, 9.17) is 5.73 Å². The lowest BCUT2D eigenvalue weighted by molar-refractivity contribution is -0.145. The molecule has 1 aliphatic rings. The van der Waals surface area contributed by atoms with Crippen LogP contribution in [0.4, 0.5) is 32.0 Å². The van der Waals surface area contributed by atoms with Gasteiger partial charge in [-0.15, -0.1) is 0 Å². The highest BCUT2D eigenvalue weighted by atomic mass is 19.3. The average molecular weight is 416 g/mol. The third-order valence-electron chi connectivity index (χ3n) is 4.51. The van der Waals surface area contributed by atoms with Crippen LogP contribution in [0.25, 0.3) is 0 Å². The second-order valence-electron chi connectivity index (χ2n) is 6.36. The first-order valence-electron chi connectivity index (χ1n) is 8.30. The summed E-state index contributed by atoms with van der Waals surface area (Å²) in [7, 11) is 0. The Kier molecular flexibility index (Phi) is 5.24. The number of alkyl halides is 4. The molecule has 1 aromatic heterocycles. The molecule has 5 nitrogen and oxygen atoms in total. The van der Waals surface area contributed by atoms with Crippen LogP contribution in [0.1, 0.15) is 28.9 Å².